The molecule has 5 rings (SSSR count). The van der Waals surface area contributed by atoms with Gasteiger partial charge < -0.3 is 0 Å². The Labute approximate surface area is 195 Å². The number of hydrogen-bond donors (Lipinski definition) is 0. The van der Waals surface area contributed by atoms with Crippen molar-refractivity contribution in [2.75, 3.05) is 0 Å². The Balaban J connectivity index is 1.62. The molecule has 1 saturated carbocycles. The van der Waals surface area contributed by atoms with Crippen LogP contribution in [0.25, 0.3) is 0 Å². The van der Waals surface area contributed by atoms with E-state index in [0.717, 1.165) is 0 Å². The lowest BCUT2D eigenvalue weighted by atomic mass is 9.99. The Kier molecular flexibility index (Phi) is 7.13. The van der Waals surface area contributed by atoms with Gasteiger partial charge in [-0.25, -0.2) is 0 Å². The molecule has 4 aromatic rings. The van der Waals surface area contributed by atoms with E-state index in [-0.39, 0.29) is 0 Å². The summed E-state index contributed by atoms with van der Waals surface area (Å²) in [6.07, 6.45) is 5.37. The summed E-state index contributed by atoms with van der Waals surface area (Å²) in [5.41, 5.74) is 1.41. The predicted molar refractivity (Wildman–Crippen MR) is 144 cm³/mol. The van der Waals surface area contributed by atoms with Crippen LogP contribution < -0.4 is 21.2 Å². The van der Waals surface area contributed by atoms with Gasteiger partial charge in [-0.15, -0.1) is 0 Å². The molecule has 0 aliphatic heterocycles. The van der Waals surface area contributed by atoms with Gasteiger partial charge in [-0.3, -0.25) is 0 Å². The first-order valence-corrected chi connectivity index (χ1v) is 14.5. The second-order valence-corrected chi connectivity index (χ2v) is 13.4. The summed E-state index contributed by atoms with van der Waals surface area (Å²) in [6, 6.07) is 45.4. The number of rotatable bonds is 6. The van der Waals surface area contributed by atoms with Crippen molar-refractivity contribution in [3.05, 3.63) is 121 Å². The highest BCUT2D eigenvalue weighted by Crippen LogP contribution is 2.56. The van der Waals surface area contributed by atoms with Crippen molar-refractivity contribution in [1.82, 2.24) is 0 Å². The van der Waals surface area contributed by atoms with Crippen LogP contribution in [0.15, 0.2) is 121 Å². The van der Waals surface area contributed by atoms with Crippen molar-refractivity contribution in [2.45, 2.75) is 37.0 Å². The first-order valence-electron chi connectivity index (χ1n) is 11.7. The van der Waals surface area contributed by atoms with Gasteiger partial charge >= 0.3 is 0 Å². The minimum absolute atomic E-state index is 0.405. The summed E-state index contributed by atoms with van der Waals surface area (Å²) in [7, 11) is -0.811. The molecule has 0 N–H and O–H groups in total. The van der Waals surface area contributed by atoms with Crippen molar-refractivity contribution >= 4 is 37.1 Å². The molecule has 1 fully saturated rings. The smallest absolute Gasteiger partial charge is 0.00551 e. The van der Waals surface area contributed by atoms with E-state index < -0.39 is 15.8 Å². The molecule has 160 valence electrons. The summed E-state index contributed by atoms with van der Waals surface area (Å²) in [5, 5.41) is 6.12. The molecule has 2 heteroatoms. The van der Waals surface area contributed by atoms with Gasteiger partial charge in [-0.05, 0) is 61.2 Å². The van der Waals surface area contributed by atoms with Crippen molar-refractivity contribution in [1.29, 1.82) is 0 Å². The summed E-state index contributed by atoms with van der Waals surface area (Å²) in [6.45, 7) is 0. The van der Waals surface area contributed by atoms with E-state index in [2.05, 4.69) is 121 Å². The zero-order chi connectivity index (χ0) is 21.6. The molecular formula is C30H30P2. The van der Waals surface area contributed by atoms with E-state index in [9.17, 15) is 0 Å². The van der Waals surface area contributed by atoms with Crippen LogP contribution in [-0.4, -0.2) is 11.3 Å². The Morgan fingerprint density at radius 1 is 0.375 bits per heavy atom. The zero-order valence-corrected chi connectivity index (χ0v) is 20.2. The molecule has 0 amide bonds. The number of hydrogen-bond acceptors (Lipinski definition) is 0. The first-order chi connectivity index (χ1) is 15.9. The lowest BCUT2D eigenvalue weighted by molar-refractivity contribution is 0.521. The third-order valence-electron chi connectivity index (χ3n) is 6.49. The molecule has 0 saturated heterocycles. The van der Waals surface area contributed by atoms with E-state index in [1.165, 1.54) is 46.9 Å². The highest BCUT2D eigenvalue weighted by molar-refractivity contribution is 7.77. The summed E-state index contributed by atoms with van der Waals surface area (Å²) in [5.74, 6) is 0. The summed E-state index contributed by atoms with van der Waals surface area (Å²) < 4.78 is 0. The van der Waals surface area contributed by atoms with Gasteiger partial charge in [0.25, 0.3) is 0 Å². The van der Waals surface area contributed by atoms with Crippen molar-refractivity contribution in [3.63, 3.8) is 0 Å². The van der Waals surface area contributed by atoms with Crippen LogP contribution in [0.4, 0.5) is 0 Å². The molecule has 0 radical (unpaired) electrons. The van der Waals surface area contributed by atoms with Crippen molar-refractivity contribution in [3.8, 4) is 0 Å². The van der Waals surface area contributed by atoms with E-state index in [1.807, 2.05) is 0 Å². The Morgan fingerprint density at radius 3 is 0.875 bits per heavy atom. The minimum Gasteiger partial charge on any atom is -0.0622 e. The van der Waals surface area contributed by atoms with E-state index in [1.54, 1.807) is 0 Å². The maximum Gasteiger partial charge on any atom is -0.00551 e. The van der Waals surface area contributed by atoms with Gasteiger partial charge in [-0.1, -0.05) is 134 Å². The quantitative estimate of drug-likeness (QED) is 0.291. The molecule has 1 unspecified atom stereocenters. The van der Waals surface area contributed by atoms with Crippen molar-refractivity contribution < 1.29 is 0 Å². The lowest BCUT2D eigenvalue weighted by Gasteiger charge is -2.42. The molecule has 1 aliphatic carbocycles. The highest BCUT2D eigenvalue weighted by Gasteiger charge is 2.38. The third-order valence-corrected chi connectivity index (χ3v) is 12.7. The molecular weight excluding hydrogens is 422 g/mol. The topological polar surface area (TPSA) is 0 Å². The van der Waals surface area contributed by atoms with Crippen LogP contribution in [0.5, 0.6) is 0 Å². The Morgan fingerprint density at radius 2 is 0.625 bits per heavy atom. The number of benzene rings is 4. The zero-order valence-electron chi connectivity index (χ0n) is 18.4. The van der Waals surface area contributed by atoms with Gasteiger partial charge in [0.1, 0.15) is 0 Å². The summed E-state index contributed by atoms with van der Waals surface area (Å²) >= 11 is 0. The average molecular weight is 453 g/mol. The maximum absolute atomic E-state index is 2.37. The summed E-state index contributed by atoms with van der Waals surface area (Å²) in [4.78, 5) is 0. The van der Waals surface area contributed by atoms with Crippen LogP contribution in [0.1, 0.15) is 25.7 Å². The van der Waals surface area contributed by atoms with E-state index >= 15 is 0 Å². The van der Waals surface area contributed by atoms with E-state index in [4.69, 9.17) is 0 Å². The molecule has 32 heavy (non-hydrogen) atoms. The second kappa shape index (κ2) is 10.6. The minimum atomic E-state index is -0.405. The van der Waals surface area contributed by atoms with Gasteiger partial charge in [0.05, 0.1) is 0 Å². The fourth-order valence-electron chi connectivity index (χ4n) is 5.11. The lowest BCUT2D eigenvalue weighted by Crippen LogP contribution is -2.37. The predicted octanol–water partition coefficient (Wildman–Crippen LogP) is 6.56. The van der Waals surface area contributed by atoms with Crippen LogP contribution in [-0.2, 0) is 0 Å². The van der Waals surface area contributed by atoms with Crippen molar-refractivity contribution in [2.24, 2.45) is 0 Å². The molecule has 0 spiro atoms. The SMILES string of the molecule is c1ccc(P(c2ccccc2)C2CCCC[C@@H]2P(c2ccccc2)c2ccccc2)cc1. The van der Waals surface area contributed by atoms with Gasteiger partial charge in [0.2, 0.25) is 0 Å². The molecule has 4 aromatic carbocycles. The van der Waals surface area contributed by atoms with Gasteiger partial charge in [0.15, 0.2) is 0 Å². The molecule has 0 aromatic heterocycles. The monoisotopic (exact) mass is 452 g/mol. The highest BCUT2D eigenvalue weighted by atomic mass is 31.1. The molecule has 0 heterocycles. The normalized spacial score (nSPS) is 18.7. The Bertz CT molecular complexity index is 911. The first kappa shape index (κ1) is 21.6. The second-order valence-electron chi connectivity index (χ2n) is 8.50. The molecule has 2 atom stereocenters. The van der Waals surface area contributed by atoms with Crippen LogP contribution in [0.3, 0.4) is 0 Å². The fourth-order valence-corrected chi connectivity index (χ4v) is 11.9. The van der Waals surface area contributed by atoms with Crippen LogP contribution in [0, 0.1) is 0 Å². The van der Waals surface area contributed by atoms with Gasteiger partial charge in [0, 0.05) is 0 Å². The molecule has 1 aliphatic rings. The van der Waals surface area contributed by atoms with Crippen LogP contribution in [0.2, 0.25) is 0 Å². The fraction of sp³-hybridized carbons (Fsp3) is 0.200. The average Bonchev–Trinajstić information content (AvgIpc) is 2.88. The molecule has 0 nitrogen and oxygen atoms in total. The Hall–Kier alpha value is -2.26. The standard InChI is InChI=1S/C30H30P2/c1-5-15-25(16-6-1)31(26-17-7-2-8-18-26)29-23-13-14-24-30(29)32(27-19-9-3-10-20-27)28-21-11-4-12-22-28/h1-12,15-22,29-30H,13-14,23-24H2/t29-,30?/m0/s1. The molecule has 0 bridgehead atoms. The maximum atomic E-state index is 2.37. The largest absolute Gasteiger partial charge is 0.0622 e. The van der Waals surface area contributed by atoms with E-state index in [0.29, 0.717) is 11.3 Å². The van der Waals surface area contributed by atoms with Crippen LogP contribution >= 0.6 is 15.8 Å². The third kappa shape index (κ3) is 4.73. The van der Waals surface area contributed by atoms with Gasteiger partial charge in [-0.2, -0.15) is 0 Å².